The first kappa shape index (κ1) is 7.73. The normalized spacial score (nSPS) is 23.2. The second-order valence-electron chi connectivity index (χ2n) is 2.28. The summed E-state index contributed by atoms with van der Waals surface area (Å²) in [4.78, 5) is 0. The lowest BCUT2D eigenvalue weighted by Gasteiger charge is -2.10. The molecule has 11 heavy (non-hydrogen) atoms. The van der Waals surface area contributed by atoms with Crippen LogP contribution in [0.4, 0.5) is 0 Å². The van der Waals surface area contributed by atoms with Crippen molar-refractivity contribution < 1.29 is 4.21 Å². The third-order valence-electron chi connectivity index (χ3n) is 1.54. The van der Waals surface area contributed by atoms with Crippen LogP contribution in [0.25, 0.3) is 0 Å². The first-order chi connectivity index (χ1) is 5.27. The minimum absolute atomic E-state index is 0.729. The molecule has 0 fully saturated rings. The second kappa shape index (κ2) is 2.86. The monoisotopic (exact) mass is 207 g/mol. The molecule has 2 nitrogen and oxygen atoms in total. The minimum atomic E-state index is -1.01. The second-order valence-corrected chi connectivity index (χ2v) is 5.45. The van der Waals surface area contributed by atoms with Crippen LogP contribution in [-0.2, 0) is 17.4 Å². The Morgan fingerprint density at radius 2 is 2.55 bits per heavy atom. The topological polar surface area (TPSA) is 29.1 Å². The first-order valence-electron chi connectivity index (χ1n) is 3.21. The summed E-state index contributed by atoms with van der Waals surface area (Å²) in [5.41, 5.74) is 1.14. The maximum Gasteiger partial charge on any atom is 0.135 e. The Bertz CT molecular complexity index is 310. The number of hydrogen-bond donors (Lipinski definition) is 1. The molecule has 1 aliphatic heterocycles. The Kier molecular flexibility index (Phi) is 2.01. The van der Waals surface area contributed by atoms with Gasteiger partial charge >= 0.3 is 0 Å². The zero-order valence-electron chi connectivity index (χ0n) is 5.59. The van der Waals surface area contributed by atoms with Gasteiger partial charge in [0.1, 0.15) is 15.2 Å². The maximum absolute atomic E-state index is 11.3. The summed E-state index contributed by atoms with van der Waals surface area (Å²) >= 11 is 7.17. The zero-order chi connectivity index (χ0) is 7.84. The standard InChI is InChI=1S/C6H6ClNOS2/c7-5-3-4-1-2-8-11(9)6(4)10-5/h3,8H,1-2H2. The Morgan fingerprint density at radius 3 is 3.27 bits per heavy atom. The molecule has 0 radical (unpaired) electrons. The summed E-state index contributed by atoms with van der Waals surface area (Å²) in [5, 5.41) is 0. The Labute approximate surface area is 76.2 Å². The summed E-state index contributed by atoms with van der Waals surface area (Å²) in [7, 11) is -1.01. The average molecular weight is 208 g/mol. The molecule has 1 aliphatic rings. The van der Waals surface area contributed by atoms with Crippen LogP contribution in [0.3, 0.4) is 0 Å². The van der Waals surface area contributed by atoms with E-state index in [9.17, 15) is 4.21 Å². The van der Waals surface area contributed by atoms with Crippen molar-refractivity contribution in [1.29, 1.82) is 0 Å². The third-order valence-corrected chi connectivity index (χ3v) is 4.41. The highest BCUT2D eigenvalue weighted by Crippen LogP contribution is 2.30. The van der Waals surface area contributed by atoms with Crippen LogP contribution in [0.5, 0.6) is 0 Å². The lowest BCUT2D eigenvalue weighted by molar-refractivity contribution is 0.666. The van der Waals surface area contributed by atoms with Gasteiger partial charge in [0.05, 0.1) is 4.34 Å². The molecule has 0 saturated carbocycles. The molecule has 0 amide bonds. The van der Waals surface area contributed by atoms with Crippen molar-refractivity contribution in [2.75, 3.05) is 6.54 Å². The van der Waals surface area contributed by atoms with Crippen LogP contribution in [0.15, 0.2) is 10.3 Å². The van der Waals surface area contributed by atoms with Gasteiger partial charge in [-0.1, -0.05) is 11.6 Å². The molecular formula is C6H6ClNOS2. The van der Waals surface area contributed by atoms with E-state index in [0.717, 1.165) is 27.1 Å². The summed E-state index contributed by atoms with van der Waals surface area (Å²) in [5.74, 6) is 0. The van der Waals surface area contributed by atoms with Crippen molar-refractivity contribution >= 4 is 33.9 Å². The van der Waals surface area contributed by atoms with Gasteiger partial charge in [-0.05, 0) is 18.1 Å². The van der Waals surface area contributed by atoms with E-state index in [1.54, 1.807) is 0 Å². The molecule has 1 aromatic rings. The Hall–Kier alpha value is 0.1000. The van der Waals surface area contributed by atoms with Gasteiger partial charge in [0.25, 0.3) is 0 Å². The van der Waals surface area contributed by atoms with Crippen molar-refractivity contribution in [1.82, 2.24) is 4.72 Å². The molecule has 5 heteroatoms. The van der Waals surface area contributed by atoms with Gasteiger partial charge in [-0.3, -0.25) is 0 Å². The number of hydrogen-bond acceptors (Lipinski definition) is 2. The number of halogens is 1. The highest BCUT2D eigenvalue weighted by molar-refractivity contribution is 7.85. The van der Waals surface area contributed by atoms with E-state index in [4.69, 9.17) is 11.6 Å². The highest BCUT2D eigenvalue weighted by Gasteiger charge is 2.18. The van der Waals surface area contributed by atoms with Gasteiger partial charge in [0.15, 0.2) is 0 Å². The van der Waals surface area contributed by atoms with E-state index < -0.39 is 11.0 Å². The zero-order valence-corrected chi connectivity index (χ0v) is 7.98. The quantitative estimate of drug-likeness (QED) is 0.688. The molecule has 1 atom stereocenters. The van der Waals surface area contributed by atoms with Crippen LogP contribution in [-0.4, -0.2) is 10.8 Å². The largest absolute Gasteiger partial charge is 0.237 e. The van der Waals surface area contributed by atoms with Crippen molar-refractivity contribution in [3.05, 3.63) is 16.0 Å². The molecule has 0 aromatic carbocycles. The lowest BCUT2D eigenvalue weighted by Crippen LogP contribution is -2.24. The van der Waals surface area contributed by atoms with Crippen LogP contribution >= 0.6 is 22.9 Å². The van der Waals surface area contributed by atoms with Crippen LogP contribution in [0.2, 0.25) is 4.34 Å². The van der Waals surface area contributed by atoms with Gasteiger partial charge in [-0.2, -0.15) is 0 Å². The van der Waals surface area contributed by atoms with Gasteiger partial charge in [-0.25, -0.2) is 8.93 Å². The fourth-order valence-corrected chi connectivity index (χ4v) is 3.79. The molecular weight excluding hydrogens is 202 g/mol. The van der Waals surface area contributed by atoms with Crippen LogP contribution in [0.1, 0.15) is 5.56 Å². The lowest BCUT2D eigenvalue weighted by atomic mass is 10.2. The molecule has 1 aromatic heterocycles. The van der Waals surface area contributed by atoms with E-state index in [-0.39, 0.29) is 0 Å². The number of rotatable bonds is 0. The fraction of sp³-hybridized carbons (Fsp3) is 0.333. The number of nitrogens with one attached hydrogen (secondary N) is 1. The molecule has 60 valence electrons. The van der Waals surface area contributed by atoms with E-state index >= 15 is 0 Å². The van der Waals surface area contributed by atoms with Gasteiger partial charge in [0, 0.05) is 6.54 Å². The summed E-state index contributed by atoms with van der Waals surface area (Å²) < 4.78 is 15.7. The summed E-state index contributed by atoms with van der Waals surface area (Å²) in [6.45, 7) is 0.784. The summed E-state index contributed by atoms with van der Waals surface area (Å²) in [6, 6.07) is 1.90. The SMILES string of the molecule is O=S1NCCc2cc(Cl)sc21. The van der Waals surface area contributed by atoms with E-state index in [2.05, 4.69) is 4.72 Å². The van der Waals surface area contributed by atoms with Gasteiger partial charge in [-0.15, -0.1) is 11.3 Å². The first-order valence-corrected chi connectivity index (χ1v) is 5.55. The molecule has 0 saturated heterocycles. The smallest absolute Gasteiger partial charge is 0.135 e. The number of thiophene rings is 1. The third kappa shape index (κ3) is 1.36. The van der Waals surface area contributed by atoms with Gasteiger partial charge in [0.2, 0.25) is 0 Å². The summed E-state index contributed by atoms with van der Waals surface area (Å²) in [6.07, 6.45) is 0.935. The van der Waals surface area contributed by atoms with Crippen molar-refractivity contribution in [2.24, 2.45) is 0 Å². The molecule has 1 unspecified atom stereocenters. The fourth-order valence-electron chi connectivity index (χ4n) is 1.05. The Morgan fingerprint density at radius 1 is 1.73 bits per heavy atom. The molecule has 2 rings (SSSR count). The van der Waals surface area contributed by atoms with Gasteiger partial charge < -0.3 is 0 Å². The molecule has 2 heterocycles. The number of fused-ring (bicyclic) bond motifs is 1. The minimum Gasteiger partial charge on any atom is -0.237 e. The van der Waals surface area contributed by atoms with E-state index in [0.29, 0.717) is 0 Å². The molecule has 0 spiro atoms. The van der Waals surface area contributed by atoms with Crippen molar-refractivity contribution in [3.8, 4) is 0 Å². The predicted octanol–water partition coefficient (Wildman–Crippen LogP) is 1.57. The maximum atomic E-state index is 11.3. The van der Waals surface area contributed by atoms with Crippen molar-refractivity contribution in [2.45, 2.75) is 10.6 Å². The average Bonchev–Trinajstić information content (AvgIpc) is 2.31. The van der Waals surface area contributed by atoms with Crippen molar-refractivity contribution in [3.63, 3.8) is 0 Å². The van der Waals surface area contributed by atoms with E-state index in [1.807, 2.05) is 6.07 Å². The van der Waals surface area contributed by atoms with Crippen LogP contribution < -0.4 is 4.72 Å². The van der Waals surface area contributed by atoms with Crippen LogP contribution in [0, 0.1) is 0 Å². The molecule has 0 bridgehead atoms. The Balaban J connectivity index is 2.52. The molecule has 0 aliphatic carbocycles. The predicted molar refractivity (Wildman–Crippen MR) is 47.4 cm³/mol. The van der Waals surface area contributed by atoms with E-state index in [1.165, 1.54) is 11.3 Å². The highest BCUT2D eigenvalue weighted by atomic mass is 35.5. The molecule has 1 N–H and O–H groups in total.